The Hall–Kier alpha value is -1.36. The molecule has 2 saturated heterocycles. The Kier molecular flexibility index (Phi) is 3.82. The minimum absolute atomic E-state index is 0.558. The molecule has 2 aliphatic heterocycles. The molecule has 3 rings (SSSR count). The molecule has 5 heteroatoms. The molecule has 0 radical (unpaired) electrons. The number of likely N-dealkylation sites (tertiary alicyclic amines) is 1. The molecule has 2 aliphatic rings. The monoisotopic (exact) mass is 261 g/mol. The summed E-state index contributed by atoms with van der Waals surface area (Å²) < 4.78 is 0. The van der Waals surface area contributed by atoms with Crippen LogP contribution in [0.5, 0.6) is 0 Å². The van der Waals surface area contributed by atoms with Gasteiger partial charge in [0.1, 0.15) is 18.0 Å². The zero-order valence-corrected chi connectivity index (χ0v) is 11.5. The Bertz CT molecular complexity index is 408. The van der Waals surface area contributed by atoms with E-state index in [-0.39, 0.29) is 0 Å². The first-order chi connectivity index (χ1) is 9.33. The Labute approximate surface area is 114 Å². The van der Waals surface area contributed by atoms with Crippen LogP contribution in [0.25, 0.3) is 0 Å². The summed E-state index contributed by atoms with van der Waals surface area (Å²) in [4.78, 5) is 13.3. The van der Waals surface area contributed by atoms with Crippen LogP contribution in [0.3, 0.4) is 0 Å². The van der Waals surface area contributed by atoms with Crippen molar-refractivity contribution in [2.24, 2.45) is 0 Å². The van der Waals surface area contributed by atoms with Crippen molar-refractivity contribution in [2.45, 2.75) is 38.1 Å². The van der Waals surface area contributed by atoms with E-state index >= 15 is 0 Å². The van der Waals surface area contributed by atoms with Gasteiger partial charge in [0.25, 0.3) is 0 Å². The van der Waals surface area contributed by atoms with Gasteiger partial charge in [0.05, 0.1) is 0 Å². The number of hydrogen-bond acceptors (Lipinski definition) is 5. The zero-order chi connectivity index (χ0) is 13.1. The second-order valence-corrected chi connectivity index (χ2v) is 5.62. The Morgan fingerprint density at radius 3 is 2.42 bits per heavy atom. The molecule has 0 unspecified atom stereocenters. The quantitative estimate of drug-likeness (QED) is 0.874. The van der Waals surface area contributed by atoms with E-state index in [0.717, 1.165) is 24.9 Å². The van der Waals surface area contributed by atoms with E-state index in [1.165, 1.54) is 45.2 Å². The first-order valence-electron chi connectivity index (χ1n) is 7.39. The van der Waals surface area contributed by atoms with E-state index in [2.05, 4.69) is 19.8 Å². The van der Waals surface area contributed by atoms with Crippen LogP contribution in [-0.2, 0) is 0 Å². The van der Waals surface area contributed by atoms with Gasteiger partial charge in [-0.05, 0) is 38.8 Å². The molecule has 1 aromatic rings. The van der Waals surface area contributed by atoms with Crippen molar-refractivity contribution in [3.63, 3.8) is 0 Å². The van der Waals surface area contributed by atoms with Crippen LogP contribution in [0.15, 0.2) is 12.4 Å². The molecule has 0 amide bonds. The third kappa shape index (κ3) is 2.97. The molecule has 0 saturated carbocycles. The summed E-state index contributed by atoms with van der Waals surface area (Å²) in [6.07, 6.45) is 8.20. The van der Waals surface area contributed by atoms with Gasteiger partial charge in [-0.1, -0.05) is 6.42 Å². The molecule has 104 valence electrons. The number of nitrogens with two attached hydrogens (primary N) is 1. The molecular formula is C14H23N5. The molecule has 2 N–H and O–H groups in total. The van der Waals surface area contributed by atoms with Crippen molar-refractivity contribution in [1.82, 2.24) is 14.9 Å². The lowest BCUT2D eigenvalue weighted by atomic mass is 10.00. The molecule has 19 heavy (non-hydrogen) atoms. The maximum Gasteiger partial charge on any atom is 0.134 e. The van der Waals surface area contributed by atoms with Gasteiger partial charge in [-0.2, -0.15) is 0 Å². The van der Waals surface area contributed by atoms with Gasteiger partial charge in [0.15, 0.2) is 0 Å². The van der Waals surface area contributed by atoms with Crippen molar-refractivity contribution in [1.29, 1.82) is 0 Å². The summed E-state index contributed by atoms with van der Waals surface area (Å²) in [6, 6.07) is 2.65. The predicted octanol–water partition coefficient (Wildman–Crippen LogP) is 1.51. The highest BCUT2D eigenvalue weighted by Gasteiger charge is 2.26. The predicted molar refractivity (Wildman–Crippen MR) is 77.1 cm³/mol. The molecule has 0 spiro atoms. The molecule has 0 atom stereocenters. The summed E-state index contributed by atoms with van der Waals surface area (Å²) in [5.74, 6) is 1.53. The van der Waals surface area contributed by atoms with Crippen molar-refractivity contribution < 1.29 is 0 Å². The average Bonchev–Trinajstić information content (AvgIpc) is 2.48. The SMILES string of the molecule is Nc1cc(N2CCC(N3CCCCC3)CC2)ncn1. The van der Waals surface area contributed by atoms with E-state index in [1.807, 2.05) is 6.07 Å². The lowest BCUT2D eigenvalue weighted by molar-refractivity contribution is 0.141. The van der Waals surface area contributed by atoms with Crippen LogP contribution >= 0.6 is 0 Å². The first kappa shape index (κ1) is 12.7. The van der Waals surface area contributed by atoms with E-state index in [9.17, 15) is 0 Å². The van der Waals surface area contributed by atoms with Gasteiger partial charge in [-0.15, -0.1) is 0 Å². The fourth-order valence-electron chi connectivity index (χ4n) is 3.28. The topological polar surface area (TPSA) is 58.3 Å². The minimum atomic E-state index is 0.558. The number of hydrogen-bond donors (Lipinski definition) is 1. The van der Waals surface area contributed by atoms with Gasteiger partial charge < -0.3 is 15.5 Å². The number of nitrogen functional groups attached to an aromatic ring is 1. The average molecular weight is 261 g/mol. The zero-order valence-electron chi connectivity index (χ0n) is 11.5. The van der Waals surface area contributed by atoms with Crippen LogP contribution in [0.4, 0.5) is 11.6 Å². The molecule has 1 aromatic heterocycles. The van der Waals surface area contributed by atoms with Gasteiger partial charge in [-0.3, -0.25) is 0 Å². The fourth-order valence-corrected chi connectivity index (χ4v) is 3.28. The van der Waals surface area contributed by atoms with E-state index in [0.29, 0.717) is 5.82 Å². The Morgan fingerprint density at radius 2 is 1.74 bits per heavy atom. The molecule has 0 bridgehead atoms. The fraction of sp³-hybridized carbons (Fsp3) is 0.714. The first-order valence-corrected chi connectivity index (χ1v) is 7.39. The number of aromatic nitrogens is 2. The highest BCUT2D eigenvalue weighted by Crippen LogP contribution is 2.23. The maximum absolute atomic E-state index is 5.72. The van der Waals surface area contributed by atoms with Gasteiger partial charge in [0, 0.05) is 25.2 Å². The van der Waals surface area contributed by atoms with Crippen LogP contribution in [-0.4, -0.2) is 47.1 Å². The highest BCUT2D eigenvalue weighted by molar-refractivity contribution is 5.46. The van der Waals surface area contributed by atoms with Crippen LogP contribution in [0.1, 0.15) is 32.1 Å². The van der Waals surface area contributed by atoms with E-state index in [4.69, 9.17) is 5.73 Å². The third-order valence-electron chi connectivity index (χ3n) is 4.37. The van der Waals surface area contributed by atoms with Gasteiger partial charge >= 0.3 is 0 Å². The molecule has 5 nitrogen and oxygen atoms in total. The second kappa shape index (κ2) is 5.74. The summed E-state index contributed by atoms with van der Waals surface area (Å²) in [5, 5.41) is 0. The number of nitrogens with zero attached hydrogens (tertiary/aromatic N) is 4. The number of anilines is 2. The van der Waals surface area contributed by atoms with Crippen LogP contribution in [0, 0.1) is 0 Å². The minimum Gasteiger partial charge on any atom is -0.384 e. The molecule has 2 fully saturated rings. The normalized spacial score (nSPS) is 22.6. The maximum atomic E-state index is 5.72. The van der Waals surface area contributed by atoms with Crippen molar-refractivity contribution in [2.75, 3.05) is 36.8 Å². The molecular weight excluding hydrogens is 238 g/mol. The Morgan fingerprint density at radius 1 is 1.00 bits per heavy atom. The van der Waals surface area contributed by atoms with E-state index < -0.39 is 0 Å². The molecule has 0 aliphatic carbocycles. The lowest BCUT2D eigenvalue weighted by Crippen LogP contribution is -2.46. The summed E-state index contributed by atoms with van der Waals surface area (Å²) >= 11 is 0. The van der Waals surface area contributed by atoms with Crippen LogP contribution < -0.4 is 10.6 Å². The van der Waals surface area contributed by atoms with Crippen molar-refractivity contribution in [3.8, 4) is 0 Å². The van der Waals surface area contributed by atoms with Gasteiger partial charge in [0.2, 0.25) is 0 Å². The van der Waals surface area contributed by atoms with Crippen molar-refractivity contribution >= 4 is 11.6 Å². The third-order valence-corrected chi connectivity index (χ3v) is 4.37. The molecule has 3 heterocycles. The van der Waals surface area contributed by atoms with E-state index in [1.54, 1.807) is 6.33 Å². The van der Waals surface area contributed by atoms with Crippen LogP contribution in [0.2, 0.25) is 0 Å². The highest BCUT2D eigenvalue weighted by atomic mass is 15.2. The second-order valence-electron chi connectivity index (χ2n) is 5.62. The standard InChI is InChI=1S/C14H23N5/c15-13-10-14(17-11-16-13)19-8-4-12(5-9-19)18-6-2-1-3-7-18/h10-12H,1-9H2,(H2,15,16,17). The smallest absolute Gasteiger partial charge is 0.134 e. The number of piperidine rings is 2. The number of rotatable bonds is 2. The largest absolute Gasteiger partial charge is 0.384 e. The summed E-state index contributed by atoms with van der Waals surface area (Å²) in [6.45, 7) is 4.76. The summed E-state index contributed by atoms with van der Waals surface area (Å²) in [5.41, 5.74) is 5.72. The molecule has 0 aromatic carbocycles. The van der Waals surface area contributed by atoms with Gasteiger partial charge in [-0.25, -0.2) is 9.97 Å². The summed E-state index contributed by atoms with van der Waals surface area (Å²) in [7, 11) is 0. The lowest BCUT2D eigenvalue weighted by Gasteiger charge is -2.40. The van der Waals surface area contributed by atoms with Crippen molar-refractivity contribution in [3.05, 3.63) is 12.4 Å². The Balaban J connectivity index is 1.57.